The molecule has 0 spiro atoms. The number of methoxy groups -OCH3 is 2. The van der Waals surface area contributed by atoms with E-state index in [0.717, 1.165) is 5.56 Å². The second-order valence-electron chi connectivity index (χ2n) is 5.39. The number of benzene rings is 1. The molecule has 118 valence electrons. The number of rotatable bonds is 7. The highest BCUT2D eigenvalue weighted by molar-refractivity contribution is 5.81. The molecule has 0 heterocycles. The molecular weight excluding hydrogens is 268 g/mol. The van der Waals surface area contributed by atoms with Crippen molar-refractivity contribution in [2.45, 2.75) is 45.8 Å². The number of amides is 1. The molecule has 2 atom stereocenters. The minimum atomic E-state index is -0.268. The molecule has 5 heteroatoms. The third kappa shape index (κ3) is 4.93. The van der Waals surface area contributed by atoms with Crippen LogP contribution in [0.3, 0.4) is 0 Å². The smallest absolute Gasteiger partial charge is 0.237 e. The van der Waals surface area contributed by atoms with Gasteiger partial charge in [0.25, 0.3) is 0 Å². The molecule has 0 aliphatic rings. The Balaban J connectivity index is 2.75. The van der Waals surface area contributed by atoms with E-state index in [1.807, 2.05) is 45.9 Å². The van der Waals surface area contributed by atoms with Gasteiger partial charge in [0.1, 0.15) is 0 Å². The summed E-state index contributed by atoms with van der Waals surface area (Å²) in [6.45, 7) is 7.76. The molecule has 0 fully saturated rings. The standard InChI is InChI=1S/C16H26N2O3/c1-10(2)17-16(19)12(4)18-11(3)13-7-8-14(20-5)15(9-13)21-6/h7-12,18H,1-6H3,(H,17,19). The summed E-state index contributed by atoms with van der Waals surface area (Å²) in [6.07, 6.45) is 0. The highest BCUT2D eigenvalue weighted by Gasteiger charge is 2.17. The van der Waals surface area contributed by atoms with Gasteiger partial charge in [0.15, 0.2) is 11.5 Å². The fourth-order valence-electron chi connectivity index (χ4n) is 2.08. The zero-order valence-corrected chi connectivity index (χ0v) is 13.7. The first-order valence-electron chi connectivity index (χ1n) is 7.17. The summed E-state index contributed by atoms with van der Waals surface area (Å²) in [5, 5.41) is 6.18. The number of hydrogen-bond acceptors (Lipinski definition) is 4. The molecule has 1 rings (SSSR count). The molecule has 0 aliphatic carbocycles. The predicted molar refractivity (Wildman–Crippen MR) is 83.8 cm³/mol. The van der Waals surface area contributed by atoms with Crippen molar-refractivity contribution in [3.8, 4) is 11.5 Å². The quantitative estimate of drug-likeness (QED) is 0.810. The van der Waals surface area contributed by atoms with Crippen molar-refractivity contribution in [1.82, 2.24) is 10.6 Å². The van der Waals surface area contributed by atoms with E-state index < -0.39 is 0 Å². The van der Waals surface area contributed by atoms with Crippen LogP contribution in [0.2, 0.25) is 0 Å². The van der Waals surface area contributed by atoms with Crippen molar-refractivity contribution >= 4 is 5.91 Å². The molecule has 0 bridgehead atoms. The van der Waals surface area contributed by atoms with Crippen molar-refractivity contribution < 1.29 is 14.3 Å². The van der Waals surface area contributed by atoms with Crippen LogP contribution < -0.4 is 20.1 Å². The number of nitrogens with one attached hydrogen (secondary N) is 2. The molecule has 1 aromatic carbocycles. The lowest BCUT2D eigenvalue weighted by Crippen LogP contribution is -2.45. The van der Waals surface area contributed by atoms with Crippen LogP contribution in [0, 0.1) is 0 Å². The topological polar surface area (TPSA) is 59.6 Å². The normalized spacial score (nSPS) is 13.7. The fraction of sp³-hybridized carbons (Fsp3) is 0.562. The average molecular weight is 294 g/mol. The molecule has 1 aromatic rings. The largest absolute Gasteiger partial charge is 0.493 e. The zero-order valence-electron chi connectivity index (χ0n) is 13.7. The summed E-state index contributed by atoms with van der Waals surface area (Å²) in [5.41, 5.74) is 1.04. The van der Waals surface area contributed by atoms with E-state index in [0.29, 0.717) is 11.5 Å². The minimum Gasteiger partial charge on any atom is -0.493 e. The van der Waals surface area contributed by atoms with Gasteiger partial charge in [0.05, 0.1) is 20.3 Å². The molecule has 2 unspecified atom stereocenters. The van der Waals surface area contributed by atoms with Gasteiger partial charge in [-0.2, -0.15) is 0 Å². The van der Waals surface area contributed by atoms with Crippen molar-refractivity contribution in [1.29, 1.82) is 0 Å². The van der Waals surface area contributed by atoms with Gasteiger partial charge in [-0.3, -0.25) is 10.1 Å². The second-order valence-corrected chi connectivity index (χ2v) is 5.39. The van der Waals surface area contributed by atoms with Gasteiger partial charge in [-0.05, 0) is 45.4 Å². The number of hydrogen-bond donors (Lipinski definition) is 2. The Kier molecular flexibility index (Phi) is 6.49. The summed E-state index contributed by atoms with van der Waals surface area (Å²) in [5.74, 6) is 1.37. The van der Waals surface area contributed by atoms with Crippen molar-refractivity contribution in [3.63, 3.8) is 0 Å². The van der Waals surface area contributed by atoms with Crippen LogP contribution in [0.15, 0.2) is 18.2 Å². The summed E-state index contributed by atoms with van der Waals surface area (Å²) < 4.78 is 10.5. The summed E-state index contributed by atoms with van der Waals surface area (Å²) in [6, 6.07) is 5.65. The maximum Gasteiger partial charge on any atom is 0.237 e. The van der Waals surface area contributed by atoms with Gasteiger partial charge in [-0.25, -0.2) is 0 Å². The van der Waals surface area contributed by atoms with Crippen LogP contribution in [0.4, 0.5) is 0 Å². The highest BCUT2D eigenvalue weighted by Crippen LogP contribution is 2.29. The molecule has 0 aliphatic heterocycles. The van der Waals surface area contributed by atoms with Crippen molar-refractivity contribution in [2.24, 2.45) is 0 Å². The van der Waals surface area contributed by atoms with E-state index in [1.165, 1.54) is 0 Å². The zero-order chi connectivity index (χ0) is 16.0. The lowest BCUT2D eigenvalue weighted by molar-refractivity contribution is -0.123. The Hall–Kier alpha value is -1.75. The molecule has 0 radical (unpaired) electrons. The van der Waals surface area contributed by atoms with Crippen LogP contribution >= 0.6 is 0 Å². The maximum absolute atomic E-state index is 11.9. The number of ether oxygens (including phenoxy) is 2. The fourth-order valence-corrected chi connectivity index (χ4v) is 2.08. The van der Waals surface area contributed by atoms with E-state index in [4.69, 9.17) is 9.47 Å². The van der Waals surface area contributed by atoms with E-state index in [1.54, 1.807) is 14.2 Å². The minimum absolute atomic E-state index is 0.00248. The number of carbonyl (C=O) groups is 1. The van der Waals surface area contributed by atoms with Crippen LogP contribution in [-0.2, 0) is 4.79 Å². The molecule has 5 nitrogen and oxygen atoms in total. The molecule has 21 heavy (non-hydrogen) atoms. The van der Waals surface area contributed by atoms with E-state index >= 15 is 0 Å². The first kappa shape index (κ1) is 17.3. The Morgan fingerprint density at radius 3 is 2.19 bits per heavy atom. The van der Waals surface area contributed by atoms with Crippen LogP contribution in [-0.4, -0.2) is 32.2 Å². The molecular formula is C16H26N2O3. The van der Waals surface area contributed by atoms with Gasteiger partial charge in [0, 0.05) is 12.1 Å². The van der Waals surface area contributed by atoms with Gasteiger partial charge in [-0.15, -0.1) is 0 Å². The van der Waals surface area contributed by atoms with E-state index in [9.17, 15) is 4.79 Å². The summed E-state index contributed by atoms with van der Waals surface area (Å²) in [7, 11) is 3.22. The van der Waals surface area contributed by atoms with Gasteiger partial charge in [0.2, 0.25) is 5.91 Å². The van der Waals surface area contributed by atoms with Crippen LogP contribution in [0.5, 0.6) is 11.5 Å². The monoisotopic (exact) mass is 294 g/mol. The molecule has 2 N–H and O–H groups in total. The van der Waals surface area contributed by atoms with Gasteiger partial charge < -0.3 is 14.8 Å². The second kappa shape index (κ2) is 7.88. The average Bonchev–Trinajstić information content (AvgIpc) is 2.45. The molecule has 0 saturated heterocycles. The Morgan fingerprint density at radius 2 is 1.67 bits per heavy atom. The SMILES string of the molecule is COc1ccc(C(C)NC(C)C(=O)NC(C)C)cc1OC. The lowest BCUT2D eigenvalue weighted by atomic mass is 10.1. The van der Waals surface area contributed by atoms with Crippen LogP contribution in [0.1, 0.15) is 39.3 Å². The molecule has 1 amide bonds. The first-order chi connectivity index (χ1) is 9.88. The highest BCUT2D eigenvalue weighted by atomic mass is 16.5. The first-order valence-corrected chi connectivity index (χ1v) is 7.17. The molecule has 0 aromatic heterocycles. The Morgan fingerprint density at radius 1 is 1.05 bits per heavy atom. The van der Waals surface area contributed by atoms with E-state index in [2.05, 4.69) is 10.6 Å². The molecule has 0 saturated carbocycles. The third-order valence-corrected chi connectivity index (χ3v) is 3.23. The maximum atomic E-state index is 11.9. The summed E-state index contributed by atoms with van der Waals surface area (Å²) >= 11 is 0. The predicted octanol–water partition coefficient (Wildman–Crippen LogP) is 2.27. The third-order valence-electron chi connectivity index (χ3n) is 3.23. The number of carbonyl (C=O) groups excluding carboxylic acids is 1. The van der Waals surface area contributed by atoms with Crippen molar-refractivity contribution in [3.05, 3.63) is 23.8 Å². The van der Waals surface area contributed by atoms with Crippen molar-refractivity contribution in [2.75, 3.05) is 14.2 Å². The Bertz CT molecular complexity index is 475. The van der Waals surface area contributed by atoms with Gasteiger partial charge in [-0.1, -0.05) is 6.07 Å². The Labute approximate surface area is 127 Å². The van der Waals surface area contributed by atoms with Gasteiger partial charge >= 0.3 is 0 Å². The van der Waals surface area contributed by atoms with E-state index in [-0.39, 0.29) is 24.0 Å². The lowest BCUT2D eigenvalue weighted by Gasteiger charge is -2.21. The van der Waals surface area contributed by atoms with Crippen LogP contribution in [0.25, 0.3) is 0 Å². The summed E-state index contributed by atoms with van der Waals surface area (Å²) in [4.78, 5) is 11.9.